The second-order valence-electron chi connectivity index (χ2n) is 6.38. The normalized spacial score (nSPS) is 11.6. The Morgan fingerprint density at radius 3 is 2.56 bits per heavy atom. The highest BCUT2D eigenvalue weighted by Gasteiger charge is 2.28. The van der Waals surface area contributed by atoms with Gasteiger partial charge in [0, 0.05) is 32.8 Å². The van der Waals surface area contributed by atoms with Crippen molar-refractivity contribution in [1.29, 1.82) is 0 Å². The largest absolute Gasteiger partial charge is 0.484 e. The lowest BCUT2D eigenvalue weighted by Gasteiger charge is -2.12. The van der Waals surface area contributed by atoms with Crippen LogP contribution in [0, 0.1) is 0 Å². The molecule has 0 atom stereocenters. The number of benzene rings is 1. The molecule has 1 aromatic carbocycles. The number of hydrogen-bond donors (Lipinski definition) is 2. The van der Waals surface area contributed by atoms with E-state index in [1.807, 2.05) is 6.07 Å². The fourth-order valence-corrected chi connectivity index (χ4v) is 2.52. The smallest absolute Gasteiger partial charge is 0.422 e. The molecule has 32 heavy (non-hydrogen) atoms. The van der Waals surface area contributed by atoms with Gasteiger partial charge in [0.25, 0.3) is 5.89 Å². The third kappa shape index (κ3) is 8.32. The van der Waals surface area contributed by atoms with Crippen LogP contribution in [0.1, 0.15) is 11.4 Å². The van der Waals surface area contributed by atoms with Crippen LogP contribution >= 0.6 is 24.0 Å². The second kappa shape index (κ2) is 12.2. The molecule has 8 nitrogen and oxygen atoms in total. The summed E-state index contributed by atoms with van der Waals surface area (Å²) in [4.78, 5) is 12.6. The first kappa shape index (κ1) is 25.4. The third-order valence-corrected chi connectivity index (χ3v) is 4.00. The molecule has 0 spiro atoms. The average molecular weight is 562 g/mol. The monoisotopic (exact) mass is 562 g/mol. The van der Waals surface area contributed by atoms with Gasteiger partial charge in [-0.15, -0.1) is 24.0 Å². The summed E-state index contributed by atoms with van der Waals surface area (Å²) in [6, 6.07) is 11.8. The van der Waals surface area contributed by atoms with Crippen molar-refractivity contribution in [3.05, 3.63) is 60.0 Å². The molecule has 0 radical (unpaired) electrons. The van der Waals surface area contributed by atoms with E-state index in [-0.39, 0.29) is 29.7 Å². The van der Waals surface area contributed by atoms with Crippen LogP contribution in [-0.4, -0.2) is 47.5 Å². The summed E-state index contributed by atoms with van der Waals surface area (Å²) in [6.07, 6.45) is -2.19. The Kier molecular flexibility index (Phi) is 9.68. The van der Waals surface area contributed by atoms with Crippen molar-refractivity contribution in [3.63, 3.8) is 0 Å². The van der Waals surface area contributed by atoms with Gasteiger partial charge in [0.15, 0.2) is 18.4 Å². The minimum atomic E-state index is -4.36. The Morgan fingerprint density at radius 1 is 1.12 bits per heavy atom. The number of alkyl halides is 3. The maximum Gasteiger partial charge on any atom is 0.422 e. The van der Waals surface area contributed by atoms with Gasteiger partial charge >= 0.3 is 6.18 Å². The van der Waals surface area contributed by atoms with E-state index in [0.29, 0.717) is 42.9 Å². The zero-order valence-corrected chi connectivity index (χ0v) is 19.4. The van der Waals surface area contributed by atoms with Crippen LogP contribution in [-0.2, 0) is 13.0 Å². The highest BCUT2D eigenvalue weighted by atomic mass is 127. The van der Waals surface area contributed by atoms with Crippen LogP contribution in [0.4, 0.5) is 13.2 Å². The average Bonchev–Trinajstić information content (AvgIpc) is 3.24. The van der Waals surface area contributed by atoms with Crippen molar-refractivity contribution in [2.24, 2.45) is 4.99 Å². The fraction of sp³-hybridized carbons (Fsp3) is 0.300. The van der Waals surface area contributed by atoms with Crippen molar-refractivity contribution in [2.45, 2.75) is 19.1 Å². The topological polar surface area (TPSA) is 97.5 Å². The van der Waals surface area contributed by atoms with E-state index in [9.17, 15) is 13.2 Å². The van der Waals surface area contributed by atoms with Gasteiger partial charge in [0.05, 0.1) is 0 Å². The van der Waals surface area contributed by atoms with Crippen LogP contribution in [0.5, 0.6) is 5.75 Å². The molecule has 3 rings (SSSR count). The molecule has 0 unspecified atom stereocenters. The van der Waals surface area contributed by atoms with Crippen molar-refractivity contribution >= 4 is 29.9 Å². The van der Waals surface area contributed by atoms with E-state index in [2.05, 4.69) is 30.8 Å². The van der Waals surface area contributed by atoms with Gasteiger partial charge in [-0.3, -0.25) is 9.98 Å². The number of halogens is 4. The number of rotatable bonds is 8. The molecule has 3 aromatic rings. The highest BCUT2D eigenvalue weighted by molar-refractivity contribution is 14.0. The predicted octanol–water partition coefficient (Wildman–Crippen LogP) is 3.60. The summed E-state index contributed by atoms with van der Waals surface area (Å²) in [5, 5.41) is 10.2. The molecular weight excluding hydrogens is 540 g/mol. The molecule has 0 aliphatic carbocycles. The molecular formula is C20H22F3IN6O2. The Morgan fingerprint density at radius 2 is 1.91 bits per heavy atom. The standard InChI is InChI=1S/C20H21F3N6O2.HI/c1-24-19(27-12-14-5-7-15(8-6-14)30-13-20(21,22)23)26-11-9-17-28-18(31-29-17)16-4-2-3-10-25-16;/h2-8,10H,9,11-13H2,1H3,(H2,24,26,27);1H. The van der Waals surface area contributed by atoms with E-state index in [1.165, 1.54) is 12.1 Å². The van der Waals surface area contributed by atoms with Crippen molar-refractivity contribution in [1.82, 2.24) is 25.8 Å². The quantitative estimate of drug-likeness (QED) is 0.246. The molecule has 0 aliphatic heterocycles. The van der Waals surface area contributed by atoms with Gasteiger partial charge in [0.2, 0.25) is 0 Å². The first-order chi connectivity index (χ1) is 14.9. The number of aromatic nitrogens is 3. The molecule has 0 bridgehead atoms. The number of nitrogens with one attached hydrogen (secondary N) is 2. The Balaban J connectivity index is 0.00000363. The summed E-state index contributed by atoms with van der Waals surface area (Å²) in [7, 11) is 1.64. The van der Waals surface area contributed by atoms with Crippen molar-refractivity contribution in [2.75, 3.05) is 20.2 Å². The predicted molar refractivity (Wildman–Crippen MR) is 123 cm³/mol. The van der Waals surface area contributed by atoms with E-state index >= 15 is 0 Å². The molecule has 2 N–H and O–H groups in total. The molecule has 0 amide bonds. The number of hydrogen-bond acceptors (Lipinski definition) is 6. The molecule has 0 aliphatic rings. The minimum absolute atomic E-state index is 0. The van der Waals surface area contributed by atoms with E-state index in [1.54, 1.807) is 37.5 Å². The molecule has 172 valence electrons. The lowest BCUT2D eigenvalue weighted by Crippen LogP contribution is -2.37. The zero-order valence-electron chi connectivity index (χ0n) is 17.1. The lowest BCUT2D eigenvalue weighted by molar-refractivity contribution is -0.153. The number of ether oxygens (including phenoxy) is 1. The maximum absolute atomic E-state index is 12.2. The Bertz CT molecular complexity index is 981. The van der Waals surface area contributed by atoms with E-state index in [4.69, 9.17) is 9.26 Å². The van der Waals surface area contributed by atoms with Crippen LogP contribution in [0.3, 0.4) is 0 Å². The molecule has 12 heteroatoms. The van der Waals surface area contributed by atoms with Crippen LogP contribution in [0.25, 0.3) is 11.6 Å². The lowest BCUT2D eigenvalue weighted by atomic mass is 10.2. The molecule has 0 fully saturated rings. The number of guanidine groups is 1. The van der Waals surface area contributed by atoms with Gasteiger partial charge in [-0.25, -0.2) is 0 Å². The fourth-order valence-electron chi connectivity index (χ4n) is 2.52. The van der Waals surface area contributed by atoms with Crippen molar-refractivity contribution < 1.29 is 22.4 Å². The van der Waals surface area contributed by atoms with Crippen molar-refractivity contribution in [3.8, 4) is 17.3 Å². The first-order valence-corrected chi connectivity index (χ1v) is 9.40. The second-order valence-corrected chi connectivity index (χ2v) is 6.38. The number of pyridine rings is 1. The SMILES string of the molecule is CN=C(NCCc1noc(-c2ccccn2)n1)NCc1ccc(OCC(F)(F)F)cc1.I. The number of aliphatic imine (C=N–C) groups is 1. The van der Waals surface area contributed by atoms with Gasteiger partial charge < -0.3 is 19.9 Å². The molecule has 2 heterocycles. The number of nitrogens with zero attached hydrogens (tertiary/aromatic N) is 4. The van der Waals surface area contributed by atoms with E-state index in [0.717, 1.165) is 5.56 Å². The van der Waals surface area contributed by atoms with Gasteiger partial charge in [-0.05, 0) is 29.8 Å². The molecule has 2 aromatic heterocycles. The Labute approximate surface area is 199 Å². The zero-order chi connectivity index (χ0) is 22.1. The summed E-state index contributed by atoms with van der Waals surface area (Å²) >= 11 is 0. The Hall–Kier alpha value is -2.90. The van der Waals surface area contributed by atoms with Gasteiger partial charge in [0.1, 0.15) is 11.4 Å². The van der Waals surface area contributed by atoms with Gasteiger partial charge in [-0.1, -0.05) is 23.4 Å². The summed E-state index contributed by atoms with van der Waals surface area (Å²) in [5.74, 6) is 1.62. The molecule has 0 saturated carbocycles. The van der Waals surface area contributed by atoms with Gasteiger partial charge in [-0.2, -0.15) is 18.2 Å². The summed E-state index contributed by atoms with van der Waals surface area (Å²) in [5.41, 5.74) is 1.47. The molecule has 0 saturated heterocycles. The van der Waals surface area contributed by atoms with Crippen LogP contribution in [0.2, 0.25) is 0 Å². The third-order valence-electron chi connectivity index (χ3n) is 4.00. The first-order valence-electron chi connectivity index (χ1n) is 9.40. The minimum Gasteiger partial charge on any atom is -0.484 e. The highest BCUT2D eigenvalue weighted by Crippen LogP contribution is 2.19. The van der Waals surface area contributed by atoms with Crippen LogP contribution in [0.15, 0.2) is 58.2 Å². The van der Waals surface area contributed by atoms with E-state index < -0.39 is 12.8 Å². The maximum atomic E-state index is 12.2. The van der Waals surface area contributed by atoms with Crippen LogP contribution < -0.4 is 15.4 Å². The summed E-state index contributed by atoms with van der Waals surface area (Å²) < 4.78 is 46.5. The summed E-state index contributed by atoms with van der Waals surface area (Å²) in [6.45, 7) is -0.360.